The van der Waals surface area contributed by atoms with Crippen LogP contribution in [0.25, 0.3) is 115 Å². The highest BCUT2D eigenvalue weighted by molar-refractivity contribution is 6.18. The van der Waals surface area contributed by atoms with Gasteiger partial charge in [-0.25, -0.2) is 0 Å². The van der Waals surface area contributed by atoms with Gasteiger partial charge in [0, 0.05) is 55.0 Å². The van der Waals surface area contributed by atoms with E-state index in [-0.39, 0.29) is 0 Å². The Kier molecular flexibility index (Phi) is 8.90. The summed E-state index contributed by atoms with van der Waals surface area (Å²) >= 11 is 0. The maximum absolute atomic E-state index is 6.97. The number of nitrogens with zero attached hydrogens (tertiary/aromatic N) is 2. The summed E-state index contributed by atoms with van der Waals surface area (Å²) in [7, 11) is 0. The second kappa shape index (κ2) is 15.7. The van der Waals surface area contributed by atoms with E-state index in [4.69, 9.17) is 4.42 Å². The van der Waals surface area contributed by atoms with Crippen LogP contribution >= 0.6 is 0 Å². The van der Waals surface area contributed by atoms with E-state index < -0.39 is 0 Å². The number of para-hydroxylation sites is 5. The Morgan fingerprint density at radius 2 is 0.797 bits per heavy atom. The van der Waals surface area contributed by atoms with Crippen LogP contribution in [0.5, 0.6) is 0 Å². The van der Waals surface area contributed by atoms with E-state index in [1.54, 1.807) is 0 Å². The average Bonchev–Trinajstić information content (AvgIpc) is 3.98. The van der Waals surface area contributed by atoms with Gasteiger partial charge in [0.05, 0.1) is 22.4 Å². The molecule has 0 spiro atoms. The molecule has 0 radical (unpaired) electrons. The molecule has 69 heavy (non-hydrogen) atoms. The Bertz CT molecular complexity index is 4260. The lowest BCUT2D eigenvalue weighted by atomic mass is 9.93. The van der Waals surface area contributed by atoms with Crippen LogP contribution < -0.4 is 4.90 Å². The zero-order valence-electron chi connectivity index (χ0n) is 37.6. The van der Waals surface area contributed by atoms with Crippen molar-refractivity contribution < 1.29 is 4.42 Å². The highest BCUT2D eigenvalue weighted by Gasteiger charge is 2.22. The normalized spacial score (nSPS) is 11.8. The lowest BCUT2D eigenvalue weighted by Gasteiger charge is -2.28. The minimum absolute atomic E-state index is 0.881. The molecule has 0 aliphatic rings. The predicted octanol–water partition coefficient (Wildman–Crippen LogP) is 18.6. The minimum atomic E-state index is 0.881. The summed E-state index contributed by atoms with van der Waals surface area (Å²) in [5, 5.41) is 12.0. The minimum Gasteiger partial charge on any atom is -0.455 e. The fourth-order valence-electron chi connectivity index (χ4n) is 11.0. The molecule has 322 valence electrons. The van der Waals surface area contributed by atoms with E-state index >= 15 is 0 Å². The van der Waals surface area contributed by atoms with Crippen LogP contribution in [0, 0.1) is 0 Å². The zero-order chi connectivity index (χ0) is 45.4. The van der Waals surface area contributed by atoms with Crippen molar-refractivity contribution in [3.63, 3.8) is 0 Å². The topological polar surface area (TPSA) is 21.3 Å². The standard InChI is InChI=1S/C66H42N2O/c1-4-20-51-43(16-1)36-41-59-58-27-15-26-57(66(58)69-65(51)59)56-25-10-12-29-62(56)67(48-39-34-45(35-40-48)60-42-46-17-2-3-18-49(46)52-21-5-6-22-53(52)60)47-37-32-44(33-38-47)50-19-7-11-28-61(50)68-63-30-13-8-23-54(63)55-24-9-14-31-64(55)68/h1-42H. The molecule has 12 aromatic carbocycles. The quantitative estimate of drug-likeness (QED) is 0.149. The van der Waals surface area contributed by atoms with Crippen molar-refractivity contribution in [2.75, 3.05) is 4.90 Å². The van der Waals surface area contributed by atoms with Crippen molar-refractivity contribution in [3.8, 4) is 39.1 Å². The molecule has 0 atom stereocenters. The molecule has 14 rings (SSSR count). The molecular formula is C66H42N2O. The number of rotatable bonds is 7. The molecule has 0 aliphatic carbocycles. The van der Waals surface area contributed by atoms with Gasteiger partial charge in [-0.15, -0.1) is 0 Å². The molecule has 0 bridgehead atoms. The van der Waals surface area contributed by atoms with E-state index in [0.717, 1.165) is 66.8 Å². The van der Waals surface area contributed by atoms with Crippen LogP contribution in [0.4, 0.5) is 17.1 Å². The highest BCUT2D eigenvalue weighted by atomic mass is 16.3. The first-order valence-corrected chi connectivity index (χ1v) is 23.7. The maximum Gasteiger partial charge on any atom is 0.143 e. The van der Waals surface area contributed by atoms with Gasteiger partial charge in [-0.1, -0.05) is 194 Å². The van der Waals surface area contributed by atoms with E-state index in [1.807, 2.05) is 0 Å². The van der Waals surface area contributed by atoms with Gasteiger partial charge >= 0.3 is 0 Å². The van der Waals surface area contributed by atoms with Gasteiger partial charge in [0.2, 0.25) is 0 Å². The molecule has 0 amide bonds. The van der Waals surface area contributed by atoms with Crippen molar-refractivity contribution in [3.05, 3.63) is 255 Å². The lowest BCUT2D eigenvalue weighted by molar-refractivity contribution is 0.674. The molecule has 0 aliphatic heterocycles. The Morgan fingerprint density at radius 1 is 0.290 bits per heavy atom. The van der Waals surface area contributed by atoms with Gasteiger partial charge in [-0.05, 0) is 104 Å². The Morgan fingerprint density at radius 3 is 1.52 bits per heavy atom. The first-order valence-electron chi connectivity index (χ1n) is 23.7. The van der Waals surface area contributed by atoms with Gasteiger partial charge < -0.3 is 13.9 Å². The van der Waals surface area contributed by atoms with Crippen molar-refractivity contribution in [2.45, 2.75) is 0 Å². The van der Waals surface area contributed by atoms with Gasteiger partial charge in [-0.3, -0.25) is 0 Å². The maximum atomic E-state index is 6.97. The molecule has 0 saturated heterocycles. The second-order valence-corrected chi connectivity index (χ2v) is 18.0. The van der Waals surface area contributed by atoms with E-state index in [1.165, 1.54) is 65.4 Å². The van der Waals surface area contributed by atoms with E-state index in [9.17, 15) is 0 Å². The van der Waals surface area contributed by atoms with Gasteiger partial charge in [0.25, 0.3) is 0 Å². The summed E-state index contributed by atoms with van der Waals surface area (Å²) in [4.78, 5) is 2.40. The third-order valence-corrected chi connectivity index (χ3v) is 14.2. The van der Waals surface area contributed by atoms with Crippen LogP contribution in [0.3, 0.4) is 0 Å². The fourth-order valence-corrected chi connectivity index (χ4v) is 11.0. The summed E-state index contributed by atoms with van der Waals surface area (Å²) in [5.74, 6) is 0. The van der Waals surface area contributed by atoms with Crippen LogP contribution in [0.1, 0.15) is 0 Å². The average molecular weight is 879 g/mol. The molecule has 2 heterocycles. The van der Waals surface area contributed by atoms with Gasteiger partial charge in [0.1, 0.15) is 11.2 Å². The number of anilines is 3. The summed E-state index contributed by atoms with van der Waals surface area (Å²) in [6.07, 6.45) is 0. The smallest absolute Gasteiger partial charge is 0.143 e. The first kappa shape index (κ1) is 39.0. The largest absolute Gasteiger partial charge is 0.455 e. The van der Waals surface area contributed by atoms with Crippen LogP contribution in [0.15, 0.2) is 259 Å². The third-order valence-electron chi connectivity index (χ3n) is 14.2. The number of hydrogen-bond donors (Lipinski definition) is 0. The van der Waals surface area contributed by atoms with Crippen LogP contribution in [-0.4, -0.2) is 4.57 Å². The monoisotopic (exact) mass is 878 g/mol. The molecule has 2 aromatic heterocycles. The molecule has 0 saturated carbocycles. The molecule has 3 heteroatoms. The summed E-state index contributed by atoms with van der Waals surface area (Å²) in [5.41, 5.74) is 15.3. The van der Waals surface area contributed by atoms with Crippen molar-refractivity contribution >= 4 is 93.1 Å². The third kappa shape index (κ3) is 6.21. The summed E-state index contributed by atoms with van der Waals surface area (Å²) in [6, 6.07) is 92.4. The number of fused-ring (bicyclic) bond motifs is 11. The molecule has 14 aromatic rings. The Labute approximate surface area is 399 Å². The van der Waals surface area contributed by atoms with Crippen molar-refractivity contribution in [2.24, 2.45) is 0 Å². The fraction of sp³-hybridized carbons (Fsp3) is 0. The molecule has 3 nitrogen and oxygen atoms in total. The van der Waals surface area contributed by atoms with Crippen molar-refractivity contribution in [1.82, 2.24) is 4.57 Å². The van der Waals surface area contributed by atoms with Crippen LogP contribution in [0.2, 0.25) is 0 Å². The lowest BCUT2D eigenvalue weighted by Crippen LogP contribution is -2.11. The SMILES string of the molecule is c1ccc(N(c2ccc(-c3ccccc3-n3c4ccccc4c4ccccc43)cc2)c2ccc(-c3cc4ccccc4c4ccccc34)cc2)c(-c2cccc3c2oc2c4ccccc4ccc32)c1. The number of hydrogen-bond acceptors (Lipinski definition) is 2. The molecule has 0 N–H and O–H groups in total. The van der Waals surface area contributed by atoms with Crippen LogP contribution in [-0.2, 0) is 0 Å². The number of aromatic nitrogens is 1. The molecule has 0 unspecified atom stereocenters. The predicted molar refractivity (Wildman–Crippen MR) is 292 cm³/mol. The second-order valence-electron chi connectivity index (χ2n) is 18.0. The number of furan rings is 1. The highest BCUT2D eigenvalue weighted by Crippen LogP contribution is 2.46. The van der Waals surface area contributed by atoms with Crippen molar-refractivity contribution in [1.29, 1.82) is 0 Å². The number of benzene rings is 12. The van der Waals surface area contributed by atoms with E-state index in [0.29, 0.717) is 0 Å². The molecular weight excluding hydrogens is 837 g/mol. The Hall–Kier alpha value is -9.18. The molecule has 0 fully saturated rings. The summed E-state index contributed by atoms with van der Waals surface area (Å²) in [6.45, 7) is 0. The van der Waals surface area contributed by atoms with E-state index in [2.05, 4.69) is 264 Å². The summed E-state index contributed by atoms with van der Waals surface area (Å²) < 4.78 is 9.38. The first-order chi connectivity index (χ1) is 34.2. The van der Waals surface area contributed by atoms with Gasteiger partial charge in [0.15, 0.2) is 0 Å². The Balaban J connectivity index is 0.941. The zero-order valence-corrected chi connectivity index (χ0v) is 37.6. The van der Waals surface area contributed by atoms with Gasteiger partial charge in [-0.2, -0.15) is 0 Å².